The Hall–Kier alpha value is -1.66. The van der Waals surface area contributed by atoms with Crippen molar-refractivity contribution < 1.29 is 14.4 Å². The Labute approximate surface area is 111 Å². The summed E-state index contributed by atoms with van der Waals surface area (Å²) in [7, 11) is -1.67. The summed E-state index contributed by atoms with van der Waals surface area (Å²) < 4.78 is 15.2. The molecule has 1 heterocycles. The Bertz CT molecular complexity index is 611. The number of nitrogens with zero attached hydrogens (tertiary/aromatic N) is 2. The topological polar surface area (TPSA) is 58.3 Å². The Morgan fingerprint density at radius 2 is 1.89 bits per heavy atom. The van der Waals surface area contributed by atoms with Gasteiger partial charge in [0.1, 0.15) is 5.82 Å². The fourth-order valence-electron chi connectivity index (χ4n) is 2.03. The molecule has 100 valence electrons. The van der Waals surface area contributed by atoms with Gasteiger partial charge in [0, 0.05) is 5.69 Å². The van der Waals surface area contributed by atoms with Gasteiger partial charge in [0.15, 0.2) is 0 Å². The zero-order chi connectivity index (χ0) is 14.2. The van der Waals surface area contributed by atoms with Crippen molar-refractivity contribution in [1.29, 1.82) is 0 Å². The summed E-state index contributed by atoms with van der Waals surface area (Å²) in [6.07, 6.45) is 0. The molecule has 1 aromatic carbocycles. The van der Waals surface area contributed by atoms with E-state index < -0.39 is 12.9 Å². The predicted octanol–water partition coefficient (Wildman–Crippen LogP) is 0.676. The maximum atomic E-state index is 13.4. The van der Waals surface area contributed by atoms with E-state index in [1.807, 2.05) is 20.8 Å². The van der Waals surface area contributed by atoms with Crippen molar-refractivity contribution in [3.8, 4) is 0 Å². The van der Waals surface area contributed by atoms with E-state index in [0.29, 0.717) is 12.1 Å². The van der Waals surface area contributed by atoms with E-state index in [2.05, 4.69) is 5.10 Å². The van der Waals surface area contributed by atoms with Crippen LogP contribution in [0, 0.1) is 26.6 Å². The largest absolute Gasteiger partial charge is 0.488 e. The Morgan fingerprint density at radius 1 is 1.21 bits per heavy atom. The molecule has 0 spiro atoms. The molecule has 0 atom stereocenters. The normalized spacial score (nSPS) is 10.8. The first-order valence-electron chi connectivity index (χ1n) is 6.04. The van der Waals surface area contributed by atoms with Gasteiger partial charge in [0.05, 0.1) is 12.2 Å². The molecule has 0 aliphatic carbocycles. The molecule has 0 radical (unpaired) electrons. The lowest BCUT2D eigenvalue weighted by atomic mass is 9.79. The molecule has 19 heavy (non-hydrogen) atoms. The number of rotatable bonds is 3. The molecule has 2 rings (SSSR count). The number of hydrogen-bond donors (Lipinski definition) is 2. The Balaban J connectivity index is 2.35. The highest BCUT2D eigenvalue weighted by Gasteiger charge is 2.14. The molecule has 0 saturated heterocycles. The molecular formula is C13H16BFN2O2. The average Bonchev–Trinajstić information content (AvgIpc) is 2.56. The number of aromatic nitrogens is 2. The van der Waals surface area contributed by atoms with Gasteiger partial charge in [-0.05, 0) is 49.5 Å². The second kappa shape index (κ2) is 5.15. The van der Waals surface area contributed by atoms with Crippen LogP contribution in [0.25, 0.3) is 0 Å². The van der Waals surface area contributed by atoms with E-state index in [1.54, 1.807) is 10.7 Å². The molecule has 2 aromatic rings. The van der Waals surface area contributed by atoms with Gasteiger partial charge in [-0.3, -0.25) is 4.68 Å². The highest BCUT2D eigenvalue weighted by Crippen LogP contribution is 2.13. The highest BCUT2D eigenvalue weighted by molar-refractivity contribution is 6.58. The van der Waals surface area contributed by atoms with Crippen LogP contribution in [-0.4, -0.2) is 26.9 Å². The van der Waals surface area contributed by atoms with Crippen LogP contribution >= 0.6 is 0 Å². The van der Waals surface area contributed by atoms with Crippen molar-refractivity contribution in [2.75, 3.05) is 0 Å². The van der Waals surface area contributed by atoms with E-state index >= 15 is 0 Å². The van der Waals surface area contributed by atoms with Gasteiger partial charge in [-0.25, -0.2) is 4.39 Å². The SMILES string of the molecule is Cc1nn(Cc2cc(F)cc(B(O)O)c2)c(C)c1C. The third-order valence-corrected chi connectivity index (χ3v) is 3.35. The molecule has 4 nitrogen and oxygen atoms in total. The van der Waals surface area contributed by atoms with E-state index in [0.717, 1.165) is 23.0 Å². The molecule has 1 aromatic heterocycles. The highest BCUT2D eigenvalue weighted by atomic mass is 19.1. The first-order valence-corrected chi connectivity index (χ1v) is 6.04. The maximum Gasteiger partial charge on any atom is 0.488 e. The molecule has 0 fully saturated rings. The molecule has 0 saturated carbocycles. The lowest BCUT2D eigenvalue weighted by Gasteiger charge is -2.08. The quantitative estimate of drug-likeness (QED) is 0.799. The third-order valence-electron chi connectivity index (χ3n) is 3.35. The average molecular weight is 262 g/mol. The van der Waals surface area contributed by atoms with Crippen LogP contribution in [0.2, 0.25) is 0 Å². The molecule has 2 N–H and O–H groups in total. The first kappa shape index (κ1) is 13.8. The maximum absolute atomic E-state index is 13.4. The molecule has 0 aliphatic heterocycles. The molecular weight excluding hydrogens is 246 g/mol. The van der Waals surface area contributed by atoms with E-state index in [4.69, 9.17) is 10.0 Å². The fraction of sp³-hybridized carbons (Fsp3) is 0.308. The lowest BCUT2D eigenvalue weighted by Crippen LogP contribution is -2.30. The predicted molar refractivity (Wildman–Crippen MR) is 71.8 cm³/mol. The summed E-state index contributed by atoms with van der Waals surface area (Å²) in [6, 6.07) is 4.05. The van der Waals surface area contributed by atoms with E-state index in [-0.39, 0.29) is 5.46 Å². The molecule has 0 bridgehead atoms. The second-order valence-corrected chi connectivity index (χ2v) is 4.72. The zero-order valence-corrected chi connectivity index (χ0v) is 11.2. The molecule has 0 amide bonds. The summed E-state index contributed by atoms with van der Waals surface area (Å²) in [5.74, 6) is -0.487. The van der Waals surface area contributed by atoms with Crippen LogP contribution < -0.4 is 5.46 Å². The van der Waals surface area contributed by atoms with E-state index in [1.165, 1.54) is 6.07 Å². The van der Waals surface area contributed by atoms with Crippen LogP contribution in [0.4, 0.5) is 4.39 Å². The van der Waals surface area contributed by atoms with Crippen molar-refractivity contribution in [3.05, 3.63) is 46.5 Å². The summed E-state index contributed by atoms with van der Waals surface area (Å²) in [6.45, 7) is 6.27. The van der Waals surface area contributed by atoms with Crippen LogP contribution in [0.3, 0.4) is 0 Å². The third kappa shape index (κ3) is 2.85. The van der Waals surface area contributed by atoms with Crippen molar-refractivity contribution in [2.24, 2.45) is 0 Å². The zero-order valence-electron chi connectivity index (χ0n) is 11.2. The van der Waals surface area contributed by atoms with Crippen LogP contribution in [0.5, 0.6) is 0 Å². The lowest BCUT2D eigenvalue weighted by molar-refractivity contribution is 0.425. The molecule has 6 heteroatoms. The first-order chi connectivity index (χ1) is 8.88. The van der Waals surface area contributed by atoms with Crippen molar-refractivity contribution in [1.82, 2.24) is 9.78 Å². The number of aryl methyl sites for hydroxylation is 1. The minimum Gasteiger partial charge on any atom is -0.423 e. The number of benzene rings is 1. The monoisotopic (exact) mass is 262 g/mol. The van der Waals surface area contributed by atoms with Crippen LogP contribution in [0.1, 0.15) is 22.5 Å². The fourth-order valence-corrected chi connectivity index (χ4v) is 2.03. The standard InChI is InChI=1S/C13H16BFN2O2/c1-8-9(2)16-17(10(8)3)7-11-4-12(14(18)19)6-13(15)5-11/h4-6,18-19H,7H2,1-3H3. The number of halogens is 1. The van der Waals surface area contributed by atoms with Gasteiger partial charge in [0.2, 0.25) is 0 Å². The van der Waals surface area contributed by atoms with Gasteiger partial charge >= 0.3 is 7.12 Å². The minimum atomic E-state index is -1.67. The summed E-state index contributed by atoms with van der Waals surface area (Å²) in [5, 5.41) is 22.6. The van der Waals surface area contributed by atoms with Crippen molar-refractivity contribution in [3.63, 3.8) is 0 Å². The number of hydrogen-bond acceptors (Lipinski definition) is 3. The minimum absolute atomic E-state index is 0.147. The molecule has 0 unspecified atom stereocenters. The van der Waals surface area contributed by atoms with Gasteiger partial charge in [-0.15, -0.1) is 0 Å². The smallest absolute Gasteiger partial charge is 0.423 e. The Kier molecular flexibility index (Phi) is 3.73. The van der Waals surface area contributed by atoms with Crippen molar-refractivity contribution >= 4 is 12.6 Å². The second-order valence-electron chi connectivity index (χ2n) is 4.72. The van der Waals surface area contributed by atoms with Gasteiger partial charge in [-0.2, -0.15) is 5.10 Å². The summed E-state index contributed by atoms with van der Waals surface area (Å²) in [5.41, 5.74) is 3.87. The Morgan fingerprint density at radius 3 is 2.42 bits per heavy atom. The molecule has 0 aliphatic rings. The summed E-state index contributed by atoms with van der Waals surface area (Å²) in [4.78, 5) is 0. The summed E-state index contributed by atoms with van der Waals surface area (Å²) >= 11 is 0. The van der Waals surface area contributed by atoms with Crippen molar-refractivity contribution in [2.45, 2.75) is 27.3 Å². The van der Waals surface area contributed by atoms with E-state index in [9.17, 15) is 4.39 Å². The van der Waals surface area contributed by atoms with Crippen LogP contribution in [-0.2, 0) is 6.54 Å². The van der Waals surface area contributed by atoms with Gasteiger partial charge < -0.3 is 10.0 Å². The van der Waals surface area contributed by atoms with Gasteiger partial charge in [-0.1, -0.05) is 6.07 Å². The van der Waals surface area contributed by atoms with Crippen LogP contribution in [0.15, 0.2) is 18.2 Å². The van der Waals surface area contributed by atoms with Gasteiger partial charge in [0.25, 0.3) is 0 Å².